The molecule has 2 aliphatic heterocycles. The number of nitrogens with one attached hydrogen (secondary N) is 5. The SMILES string of the molecule is CN/C=C(\C=N)c1ccc(C(=N)SC(=N)N2CC3(CCCNC3)C2)c(OC)c1. The lowest BCUT2D eigenvalue weighted by Crippen LogP contribution is -2.63. The molecule has 7 nitrogen and oxygen atoms in total. The Balaban J connectivity index is 1.66. The summed E-state index contributed by atoms with van der Waals surface area (Å²) in [4.78, 5) is 2.05. The predicted molar refractivity (Wildman–Crippen MR) is 117 cm³/mol. The van der Waals surface area contributed by atoms with Gasteiger partial charge in [-0.2, -0.15) is 0 Å². The molecule has 2 saturated heterocycles. The number of ether oxygens (including phenoxy) is 1. The van der Waals surface area contributed by atoms with Gasteiger partial charge in [0, 0.05) is 55.6 Å². The van der Waals surface area contributed by atoms with Gasteiger partial charge in [-0.15, -0.1) is 0 Å². The molecule has 0 aliphatic carbocycles. The van der Waals surface area contributed by atoms with Gasteiger partial charge in [0.2, 0.25) is 0 Å². The van der Waals surface area contributed by atoms with Crippen molar-refractivity contribution in [1.29, 1.82) is 16.2 Å². The minimum absolute atomic E-state index is 0.296. The number of hydrogen-bond donors (Lipinski definition) is 5. The molecule has 1 aromatic carbocycles. The molecule has 3 rings (SSSR count). The number of nitrogens with zero attached hydrogens (tertiary/aromatic N) is 1. The number of likely N-dealkylation sites (tertiary alicyclic amines) is 1. The van der Waals surface area contributed by atoms with E-state index in [4.69, 9.17) is 21.0 Å². The van der Waals surface area contributed by atoms with Crippen molar-refractivity contribution in [3.63, 3.8) is 0 Å². The maximum absolute atomic E-state index is 8.47. The Labute approximate surface area is 170 Å². The van der Waals surface area contributed by atoms with Gasteiger partial charge in [0.15, 0.2) is 5.17 Å². The van der Waals surface area contributed by atoms with Crippen LogP contribution >= 0.6 is 11.8 Å². The highest BCUT2D eigenvalue weighted by Gasteiger charge is 2.44. The number of benzene rings is 1. The van der Waals surface area contributed by atoms with Crippen LogP contribution in [0, 0.1) is 21.6 Å². The first-order valence-corrected chi connectivity index (χ1v) is 10.2. The lowest BCUT2D eigenvalue weighted by atomic mass is 9.74. The Morgan fingerprint density at radius 1 is 1.36 bits per heavy atom. The van der Waals surface area contributed by atoms with E-state index in [1.165, 1.54) is 19.1 Å². The summed E-state index contributed by atoms with van der Waals surface area (Å²) in [6.45, 7) is 3.92. The van der Waals surface area contributed by atoms with Gasteiger partial charge < -0.3 is 25.7 Å². The molecule has 8 heteroatoms. The molecule has 5 N–H and O–H groups in total. The molecule has 0 atom stereocenters. The second kappa shape index (κ2) is 8.79. The second-order valence-electron chi connectivity index (χ2n) is 7.32. The molecule has 0 radical (unpaired) electrons. The maximum atomic E-state index is 8.47. The largest absolute Gasteiger partial charge is 0.496 e. The van der Waals surface area contributed by atoms with Crippen molar-refractivity contribution < 1.29 is 4.74 Å². The zero-order chi connectivity index (χ0) is 20.1. The molecule has 1 spiro atoms. The molecule has 0 aromatic heterocycles. The van der Waals surface area contributed by atoms with E-state index in [-0.39, 0.29) is 0 Å². The van der Waals surface area contributed by atoms with Gasteiger partial charge in [0.05, 0.1) is 7.11 Å². The summed E-state index contributed by atoms with van der Waals surface area (Å²) in [6.07, 6.45) is 5.45. The number of hydrogen-bond acceptors (Lipinski definition) is 7. The highest BCUT2D eigenvalue weighted by Crippen LogP contribution is 2.38. The van der Waals surface area contributed by atoms with Crippen LogP contribution in [0.1, 0.15) is 24.0 Å². The quantitative estimate of drug-likeness (QED) is 0.386. The van der Waals surface area contributed by atoms with Gasteiger partial charge in [-0.05, 0) is 48.8 Å². The fourth-order valence-electron chi connectivity index (χ4n) is 3.85. The van der Waals surface area contributed by atoms with Crippen molar-refractivity contribution in [2.75, 3.05) is 40.3 Å². The average molecular weight is 401 g/mol. The lowest BCUT2D eigenvalue weighted by molar-refractivity contribution is 0.0355. The Hall–Kier alpha value is -2.32. The smallest absolute Gasteiger partial charge is 0.162 e. The van der Waals surface area contributed by atoms with E-state index < -0.39 is 0 Å². The molecule has 1 aromatic rings. The van der Waals surface area contributed by atoms with Crippen LogP contribution in [0.4, 0.5) is 0 Å². The van der Waals surface area contributed by atoms with E-state index in [0.29, 0.717) is 26.9 Å². The number of amidine groups is 1. The zero-order valence-electron chi connectivity index (χ0n) is 16.4. The normalized spacial score (nSPS) is 18.4. The molecule has 0 bridgehead atoms. The molecule has 2 aliphatic rings. The van der Waals surface area contributed by atoms with Gasteiger partial charge in [-0.3, -0.25) is 10.8 Å². The summed E-state index contributed by atoms with van der Waals surface area (Å²) < 4.78 is 5.48. The number of allylic oxidation sites excluding steroid dienone is 1. The molecular weight excluding hydrogens is 372 g/mol. The van der Waals surface area contributed by atoms with Crippen molar-refractivity contribution in [2.45, 2.75) is 12.8 Å². The van der Waals surface area contributed by atoms with E-state index in [0.717, 1.165) is 49.1 Å². The second-order valence-corrected chi connectivity index (χ2v) is 8.32. The van der Waals surface area contributed by atoms with E-state index in [1.807, 2.05) is 18.2 Å². The highest BCUT2D eigenvalue weighted by molar-refractivity contribution is 8.26. The Kier molecular flexibility index (Phi) is 6.41. The number of rotatable bonds is 5. The Morgan fingerprint density at radius 3 is 2.75 bits per heavy atom. The van der Waals surface area contributed by atoms with E-state index >= 15 is 0 Å². The average Bonchev–Trinajstić information content (AvgIpc) is 2.70. The minimum atomic E-state index is 0.296. The summed E-state index contributed by atoms with van der Waals surface area (Å²) in [5.74, 6) is 0.572. The monoisotopic (exact) mass is 400 g/mol. The van der Waals surface area contributed by atoms with Gasteiger partial charge in [0.1, 0.15) is 10.8 Å². The number of methoxy groups -OCH3 is 1. The van der Waals surface area contributed by atoms with Crippen LogP contribution in [0.25, 0.3) is 5.57 Å². The number of thioether (sulfide) groups is 1. The van der Waals surface area contributed by atoms with Gasteiger partial charge in [0.25, 0.3) is 0 Å². The number of piperidine rings is 1. The fraction of sp³-hybridized carbons (Fsp3) is 0.450. The zero-order valence-corrected chi connectivity index (χ0v) is 17.2. The van der Waals surface area contributed by atoms with Crippen molar-refractivity contribution in [2.24, 2.45) is 5.41 Å². The Morgan fingerprint density at radius 2 is 2.14 bits per heavy atom. The molecule has 2 heterocycles. The van der Waals surface area contributed by atoms with Gasteiger partial charge >= 0.3 is 0 Å². The molecule has 0 saturated carbocycles. The van der Waals surface area contributed by atoms with Crippen LogP contribution in [-0.4, -0.2) is 61.7 Å². The first-order chi connectivity index (χ1) is 13.5. The lowest BCUT2D eigenvalue weighted by Gasteiger charge is -2.53. The van der Waals surface area contributed by atoms with Crippen molar-refractivity contribution in [3.05, 3.63) is 35.5 Å². The van der Waals surface area contributed by atoms with E-state index in [9.17, 15) is 0 Å². The topological polar surface area (TPSA) is 108 Å². The van der Waals surface area contributed by atoms with Crippen LogP contribution in [0.3, 0.4) is 0 Å². The molecule has 0 amide bonds. The van der Waals surface area contributed by atoms with Crippen LogP contribution < -0.4 is 15.4 Å². The molecule has 2 fully saturated rings. The van der Waals surface area contributed by atoms with E-state index in [1.54, 1.807) is 20.4 Å². The van der Waals surface area contributed by atoms with Crippen LogP contribution in [0.2, 0.25) is 0 Å². The third kappa shape index (κ3) is 4.23. The van der Waals surface area contributed by atoms with Crippen LogP contribution in [0.5, 0.6) is 5.75 Å². The third-order valence-corrected chi connectivity index (χ3v) is 6.21. The summed E-state index contributed by atoms with van der Waals surface area (Å²) in [5, 5.41) is 31.5. The molecule has 0 unspecified atom stereocenters. The maximum Gasteiger partial charge on any atom is 0.162 e. The van der Waals surface area contributed by atoms with Crippen molar-refractivity contribution in [3.8, 4) is 5.75 Å². The highest BCUT2D eigenvalue weighted by atomic mass is 32.2. The molecule has 150 valence electrons. The third-order valence-electron chi connectivity index (χ3n) is 5.33. The first kappa shape index (κ1) is 20.4. The van der Waals surface area contributed by atoms with E-state index in [2.05, 4.69) is 15.5 Å². The predicted octanol–water partition coefficient (Wildman–Crippen LogP) is 2.58. The summed E-state index contributed by atoms with van der Waals surface area (Å²) >= 11 is 1.16. The van der Waals surface area contributed by atoms with Crippen LogP contribution in [0.15, 0.2) is 24.4 Å². The summed E-state index contributed by atoms with van der Waals surface area (Å²) in [6, 6.07) is 5.53. The fourth-order valence-corrected chi connectivity index (χ4v) is 4.58. The minimum Gasteiger partial charge on any atom is -0.496 e. The van der Waals surface area contributed by atoms with Gasteiger partial charge in [-0.1, -0.05) is 6.07 Å². The standard InChI is InChI=1S/C20H28N6OS/c1-24-10-15(9-21)14-4-5-16(17(8-14)27-2)18(22)28-19(23)26-12-20(13-26)6-3-7-25-11-20/h4-5,8-10,21-25H,3,6-7,11-13H2,1-2H3/b15-10+,21-9?,22-18?,23-19?. The molecule has 28 heavy (non-hydrogen) atoms. The summed E-state index contributed by atoms with van der Waals surface area (Å²) in [7, 11) is 3.36. The molecular formula is C20H28N6OS. The van der Waals surface area contributed by atoms with Crippen LogP contribution in [-0.2, 0) is 0 Å². The Bertz CT molecular complexity index is 792. The van der Waals surface area contributed by atoms with Crippen molar-refractivity contribution >= 4 is 33.8 Å². The summed E-state index contributed by atoms with van der Waals surface area (Å²) in [5.41, 5.74) is 2.54. The first-order valence-electron chi connectivity index (χ1n) is 9.39. The van der Waals surface area contributed by atoms with Crippen molar-refractivity contribution in [1.82, 2.24) is 15.5 Å². The van der Waals surface area contributed by atoms with Gasteiger partial charge in [-0.25, -0.2) is 0 Å².